The van der Waals surface area contributed by atoms with Gasteiger partial charge in [0, 0.05) is 5.57 Å². The highest BCUT2D eigenvalue weighted by Crippen LogP contribution is 2.32. The Kier molecular flexibility index (Phi) is 6.78. The third kappa shape index (κ3) is 5.37. The summed E-state index contributed by atoms with van der Waals surface area (Å²) in [5, 5.41) is 0. The van der Waals surface area contributed by atoms with E-state index < -0.39 is 0 Å². The molecule has 0 amide bonds. The van der Waals surface area contributed by atoms with Gasteiger partial charge in [-0.1, -0.05) is 50.3 Å². The lowest BCUT2D eigenvalue weighted by Gasteiger charge is -2.28. The van der Waals surface area contributed by atoms with Crippen molar-refractivity contribution < 1.29 is 9.53 Å². The maximum Gasteiger partial charge on any atom is 0.346 e. The Morgan fingerprint density at radius 2 is 1.62 bits per heavy atom. The summed E-state index contributed by atoms with van der Waals surface area (Å²) in [6.45, 7) is 4.44. The number of allylic oxidation sites excluding steroid dienone is 4. The molecule has 3 aliphatic rings. The average molecular weight is 353 g/mol. The average Bonchev–Trinajstić information content (AvgIpc) is 2.68. The summed E-state index contributed by atoms with van der Waals surface area (Å²) in [6, 6.07) is 0. The topological polar surface area (TPSA) is 26.3 Å². The van der Waals surface area contributed by atoms with Gasteiger partial charge in [0.1, 0.15) is 11.7 Å². The normalized spacial score (nSPS) is 31.6. The van der Waals surface area contributed by atoms with Gasteiger partial charge >= 0.3 is 5.97 Å². The molecule has 26 heavy (non-hydrogen) atoms. The number of carbonyl (C=O) groups is 1. The van der Waals surface area contributed by atoms with E-state index in [1.54, 1.807) is 6.08 Å². The fraction of sp³-hybridized carbons (Fsp3) is 0.625. The molecule has 0 heterocycles. The summed E-state index contributed by atoms with van der Waals surface area (Å²) < 4.78 is 5.69. The summed E-state index contributed by atoms with van der Waals surface area (Å²) in [5.74, 6) is 2.12. The zero-order chi connectivity index (χ0) is 18.4. The highest BCUT2D eigenvalue weighted by atomic mass is 16.5. The Balaban J connectivity index is 1.43. The molecule has 0 atom stereocenters. The molecule has 0 spiro atoms. The van der Waals surface area contributed by atoms with Crippen LogP contribution in [-0.4, -0.2) is 12.1 Å². The zero-order valence-electron chi connectivity index (χ0n) is 16.3. The van der Waals surface area contributed by atoms with Crippen LogP contribution >= 0.6 is 0 Å². The number of hydrogen-bond donors (Lipinski definition) is 0. The van der Waals surface area contributed by atoms with E-state index in [1.807, 2.05) is 6.08 Å². The van der Waals surface area contributed by atoms with Crippen molar-refractivity contribution in [1.82, 2.24) is 0 Å². The lowest BCUT2D eigenvalue weighted by atomic mass is 9.81. The molecule has 0 aromatic carbocycles. The van der Waals surface area contributed by atoms with E-state index in [1.165, 1.54) is 25.7 Å². The van der Waals surface area contributed by atoms with Gasteiger partial charge in [-0.15, -0.1) is 0 Å². The van der Waals surface area contributed by atoms with Gasteiger partial charge in [0.25, 0.3) is 0 Å². The van der Waals surface area contributed by atoms with E-state index in [-0.39, 0.29) is 12.1 Å². The minimum Gasteiger partial charge on any atom is -0.458 e. The summed E-state index contributed by atoms with van der Waals surface area (Å²) >= 11 is 0. The van der Waals surface area contributed by atoms with Crippen LogP contribution in [0.15, 0.2) is 46.9 Å². The highest BCUT2D eigenvalue weighted by molar-refractivity contribution is 5.91. The first kappa shape index (κ1) is 19.0. The molecule has 0 N–H and O–H groups in total. The standard InChI is InChI=1S/C24H32O2/c1-3-19-10-14-22(15-11-19)24(25)26-23-16-12-21(13-17-23)9-8-20-6-4-18(2)5-7-20/h8-10,14,18,20-21,23H,3-7,12-13,16-17H2,1-2H3/b9-8+. The molecule has 0 aromatic heterocycles. The van der Waals surface area contributed by atoms with Crippen molar-refractivity contribution in [3.8, 4) is 0 Å². The van der Waals surface area contributed by atoms with Crippen LogP contribution in [0.4, 0.5) is 0 Å². The van der Waals surface area contributed by atoms with Gasteiger partial charge in [-0.3, -0.25) is 0 Å². The minimum absolute atomic E-state index is 0.0573. The maximum absolute atomic E-state index is 12.3. The van der Waals surface area contributed by atoms with E-state index in [0.717, 1.165) is 49.5 Å². The molecule has 0 aliphatic heterocycles. The van der Waals surface area contributed by atoms with Gasteiger partial charge in [0.05, 0.1) is 0 Å². The monoisotopic (exact) mass is 352 g/mol. The summed E-state index contributed by atoms with van der Waals surface area (Å²) in [5.41, 5.74) is 7.53. The Labute approximate surface area is 158 Å². The van der Waals surface area contributed by atoms with Crippen molar-refractivity contribution in [2.24, 2.45) is 17.8 Å². The van der Waals surface area contributed by atoms with E-state index in [2.05, 4.69) is 37.5 Å². The first-order valence-corrected chi connectivity index (χ1v) is 10.5. The van der Waals surface area contributed by atoms with Crippen LogP contribution in [0, 0.1) is 17.8 Å². The Morgan fingerprint density at radius 1 is 1.00 bits per heavy atom. The Bertz CT molecular complexity index is 652. The van der Waals surface area contributed by atoms with E-state index in [9.17, 15) is 4.79 Å². The molecular formula is C24H32O2. The van der Waals surface area contributed by atoms with Gasteiger partial charge in [0.15, 0.2) is 0 Å². The molecule has 0 bridgehead atoms. The van der Waals surface area contributed by atoms with Crippen LogP contribution < -0.4 is 0 Å². The largest absolute Gasteiger partial charge is 0.458 e. The van der Waals surface area contributed by atoms with E-state index in [0.29, 0.717) is 11.5 Å². The van der Waals surface area contributed by atoms with Gasteiger partial charge < -0.3 is 4.74 Å². The SMILES string of the molecule is CCC1=C=C=C(C(=O)OC2CCC(/C=C/C3CCC(C)CC3)CC2)C=C1. The fourth-order valence-electron chi connectivity index (χ4n) is 4.15. The van der Waals surface area contributed by atoms with Crippen molar-refractivity contribution in [2.45, 2.75) is 77.7 Å². The van der Waals surface area contributed by atoms with E-state index >= 15 is 0 Å². The Hall–Kier alpha value is -1.75. The molecule has 0 saturated heterocycles. The van der Waals surface area contributed by atoms with Crippen molar-refractivity contribution in [2.75, 3.05) is 0 Å². The van der Waals surface area contributed by atoms with Crippen LogP contribution in [-0.2, 0) is 9.53 Å². The minimum atomic E-state index is -0.251. The smallest absolute Gasteiger partial charge is 0.346 e. The number of rotatable bonds is 5. The van der Waals surface area contributed by atoms with Gasteiger partial charge in [-0.2, -0.15) is 0 Å². The molecule has 2 nitrogen and oxygen atoms in total. The van der Waals surface area contributed by atoms with Crippen LogP contribution in [0.3, 0.4) is 0 Å². The second-order valence-electron chi connectivity index (χ2n) is 8.22. The molecule has 3 rings (SSSR count). The first-order valence-electron chi connectivity index (χ1n) is 10.5. The number of esters is 1. The molecule has 0 radical (unpaired) electrons. The third-order valence-electron chi connectivity index (χ3n) is 6.12. The number of carbonyl (C=O) groups excluding carboxylic acids is 1. The highest BCUT2D eigenvalue weighted by Gasteiger charge is 2.24. The molecule has 140 valence electrons. The molecule has 2 saturated carbocycles. The molecule has 3 aliphatic carbocycles. The first-order chi connectivity index (χ1) is 12.6. The summed E-state index contributed by atoms with van der Waals surface area (Å²) in [7, 11) is 0. The summed E-state index contributed by atoms with van der Waals surface area (Å²) in [6.07, 6.45) is 19.3. The predicted molar refractivity (Wildman–Crippen MR) is 106 cm³/mol. The van der Waals surface area contributed by atoms with Gasteiger partial charge in [-0.25, -0.2) is 4.79 Å². The fourth-order valence-corrected chi connectivity index (χ4v) is 4.15. The van der Waals surface area contributed by atoms with Gasteiger partial charge in [0.2, 0.25) is 0 Å². The van der Waals surface area contributed by atoms with Crippen molar-refractivity contribution in [3.05, 3.63) is 46.9 Å². The van der Waals surface area contributed by atoms with E-state index in [4.69, 9.17) is 4.74 Å². The lowest BCUT2D eigenvalue weighted by molar-refractivity contribution is -0.145. The molecule has 0 unspecified atom stereocenters. The molecule has 2 heteroatoms. The summed E-state index contributed by atoms with van der Waals surface area (Å²) in [4.78, 5) is 12.3. The van der Waals surface area contributed by atoms with Crippen LogP contribution in [0.25, 0.3) is 0 Å². The number of hydrogen-bond acceptors (Lipinski definition) is 2. The maximum atomic E-state index is 12.3. The molecular weight excluding hydrogens is 320 g/mol. The third-order valence-corrected chi connectivity index (χ3v) is 6.12. The quantitative estimate of drug-likeness (QED) is 0.342. The second-order valence-corrected chi connectivity index (χ2v) is 8.22. The van der Waals surface area contributed by atoms with Crippen molar-refractivity contribution >= 4 is 5.97 Å². The zero-order valence-corrected chi connectivity index (χ0v) is 16.3. The second kappa shape index (κ2) is 9.26. The van der Waals surface area contributed by atoms with Crippen molar-refractivity contribution in [3.63, 3.8) is 0 Å². The predicted octanol–water partition coefficient (Wildman–Crippen LogP) is 6.06. The lowest BCUT2D eigenvalue weighted by Crippen LogP contribution is -2.24. The Morgan fingerprint density at radius 3 is 2.15 bits per heavy atom. The molecule has 2 fully saturated rings. The van der Waals surface area contributed by atoms with Gasteiger partial charge in [-0.05, 0) is 74.9 Å². The van der Waals surface area contributed by atoms with Crippen LogP contribution in [0.5, 0.6) is 0 Å². The van der Waals surface area contributed by atoms with Crippen LogP contribution in [0.2, 0.25) is 0 Å². The van der Waals surface area contributed by atoms with Crippen LogP contribution in [0.1, 0.15) is 71.6 Å². The van der Waals surface area contributed by atoms with Crippen molar-refractivity contribution in [1.29, 1.82) is 0 Å². The molecule has 0 aromatic rings. The number of ether oxygens (including phenoxy) is 1.